The van der Waals surface area contributed by atoms with E-state index in [2.05, 4.69) is 5.32 Å². The molecule has 0 amide bonds. The highest BCUT2D eigenvalue weighted by molar-refractivity contribution is 7.89. The Kier molecular flexibility index (Phi) is 5.22. The molecule has 2 saturated heterocycles. The standard InChI is InChI=1S/C13H26N2O3S/c1-11(2)18-9-10-19(16,17)15-8-4-6-13(15)12-5-3-7-14-12/h11-14H,3-10H2,1-2H3. The Hall–Kier alpha value is -0.170. The molecule has 0 spiro atoms. The molecule has 0 aromatic carbocycles. The lowest BCUT2D eigenvalue weighted by Crippen LogP contribution is -2.47. The maximum atomic E-state index is 12.4. The second kappa shape index (κ2) is 6.52. The average molecular weight is 290 g/mol. The molecule has 2 atom stereocenters. The Morgan fingerprint density at radius 1 is 1.32 bits per heavy atom. The Morgan fingerprint density at radius 3 is 2.74 bits per heavy atom. The Bertz CT molecular complexity index is 377. The van der Waals surface area contributed by atoms with Gasteiger partial charge in [0.2, 0.25) is 10.0 Å². The zero-order valence-electron chi connectivity index (χ0n) is 12.0. The van der Waals surface area contributed by atoms with Crippen LogP contribution >= 0.6 is 0 Å². The van der Waals surface area contributed by atoms with Crippen LogP contribution in [0.1, 0.15) is 39.5 Å². The fraction of sp³-hybridized carbons (Fsp3) is 1.00. The molecule has 0 aliphatic carbocycles. The first-order valence-corrected chi connectivity index (χ1v) is 8.96. The van der Waals surface area contributed by atoms with Crippen LogP contribution in [0.3, 0.4) is 0 Å². The van der Waals surface area contributed by atoms with Crippen molar-refractivity contribution in [1.82, 2.24) is 9.62 Å². The van der Waals surface area contributed by atoms with Gasteiger partial charge in [0.05, 0.1) is 18.5 Å². The number of nitrogens with zero attached hydrogens (tertiary/aromatic N) is 1. The topological polar surface area (TPSA) is 58.6 Å². The van der Waals surface area contributed by atoms with E-state index >= 15 is 0 Å². The van der Waals surface area contributed by atoms with Crippen LogP contribution in [0.25, 0.3) is 0 Å². The third kappa shape index (κ3) is 3.90. The van der Waals surface area contributed by atoms with Gasteiger partial charge in [0.1, 0.15) is 0 Å². The van der Waals surface area contributed by atoms with Crippen LogP contribution < -0.4 is 5.32 Å². The van der Waals surface area contributed by atoms with E-state index in [4.69, 9.17) is 4.74 Å². The molecule has 2 heterocycles. The molecule has 0 radical (unpaired) electrons. The largest absolute Gasteiger partial charge is 0.378 e. The molecule has 112 valence electrons. The molecule has 2 fully saturated rings. The molecular formula is C13H26N2O3S. The summed E-state index contributed by atoms with van der Waals surface area (Å²) in [7, 11) is -3.17. The van der Waals surface area contributed by atoms with E-state index in [1.54, 1.807) is 4.31 Å². The summed E-state index contributed by atoms with van der Waals surface area (Å²) >= 11 is 0. The highest BCUT2D eigenvalue weighted by atomic mass is 32.2. The predicted octanol–water partition coefficient (Wildman–Crippen LogP) is 0.958. The molecular weight excluding hydrogens is 264 g/mol. The third-order valence-corrected chi connectivity index (χ3v) is 5.81. The first kappa shape index (κ1) is 15.2. The van der Waals surface area contributed by atoms with Crippen molar-refractivity contribution in [2.24, 2.45) is 0 Å². The van der Waals surface area contributed by atoms with Crippen LogP contribution in [0.4, 0.5) is 0 Å². The summed E-state index contributed by atoms with van der Waals surface area (Å²) in [5, 5.41) is 3.44. The van der Waals surface area contributed by atoms with E-state index in [0.717, 1.165) is 32.2 Å². The number of hydrogen-bond acceptors (Lipinski definition) is 4. The van der Waals surface area contributed by atoms with Crippen molar-refractivity contribution in [2.75, 3.05) is 25.4 Å². The number of nitrogens with one attached hydrogen (secondary N) is 1. The van der Waals surface area contributed by atoms with Crippen LogP contribution in [0.5, 0.6) is 0 Å². The van der Waals surface area contributed by atoms with Gasteiger partial charge in [-0.15, -0.1) is 0 Å². The Labute approximate surface area is 116 Å². The van der Waals surface area contributed by atoms with Crippen LogP contribution in [0, 0.1) is 0 Å². The highest BCUT2D eigenvalue weighted by Crippen LogP contribution is 2.27. The van der Waals surface area contributed by atoms with E-state index in [9.17, 15) is 8.42 Å². The van der Waals surface area contributed by atoms with Gasteiger partial charge < -0.3 is 10.1 Å². The molecule has 5 nitrogen and oxygen atoms in total. The molecule has 0 aromatic heterocycles. The molecule has 2 aliphatic rings. The van der Waals surface area contributed by atoms with Crippen molar-refractivity contribution in [3.8, 4) is 0 Å². The van der Waals surface area contributed by atoms with E-state index in [1.807, 2.05) is 13.8 Å². The lowest BCUT2D eigenvalue weighted by Gasteiger charge is -2.28. The number of rotatable bonds is 6. The lowest BCUT2D eigenvalue weighted by atomic mass is 10.1. The summed E-state index contributed by atoms with van der Waals surface area (Å²) in [5.41, 5.74) is 0. The average Bonchev–Trinajstić information content (AvgIpc) is 2.99. The van der Waals surface area contributed by atoms with Crippen molar-refractivity contribution in [3.05, 3.63) is 0 Å². The van der Waals surface area contributed by atoms with Gasteiger partial charge in [-0.25, -0.2) is 8.42 Å². The predicted molar refractivity (Wildman–Crippen MR) is 75.6 cm³/mol. The fourth-order valence-corrected chi connectivity index (χ4v) is 4.67. The Balaban J connectivity index is 1.94. The molecule has 1 N–H and O–H groups in total. The zero-order valence-corrected chi connectivity index (χ0v) is 12.8. The molecule has 6 heteroatoms. The van der Waals surface area contributed by atoms with Gasteiger partial charge in [0.15, 0.2) is 0 Å². The van der Waals surface area contributed by atoms with Crippen LogP contribution in [0.2, 0.25) is 0 Å². The molecule has 2 rings (SSSR count). The summed E-state index contributed by atoms with van der Waals surface area (Å²) in [6, 6.07) is 0.509. The molecule has 2 aliphatic heterocycles. The summed E-state index contributed by atoms with van der Waals surface area (Å²) < 4.78 is 31.9. The summed E-state index contributed by atoms with van der Waals surface area (Å²) in [6.45, 7) is 5.83. The van der Waals surface area contributed by atoms with Crippen LogP contribution in [-0.4, -0.2) is 56.4 Å². The van der Waals surface area contributed by atoms with Gasteiger partial charge in [0.25, 0.3) is 0 Å². The monoisotopic (exact) mass is 290 g/mol. The van der Waals surface area contributed by atoms with Crippen molar-refractivity contribution in [2.45, 2.75) is 57.7 Å². The van der Waals surface area contributed by atoms with Crippen molar-refractivity contribution in [3.63, 3.8) is 0 Å². The van der Waals surface area contributed by atoms with E-state index < -0.39 is 10.0 Å². The maximum Gasteiger partial charge on any atom is 0.216 e. The molecule has 19 heavy (non-hydrogen) atoms. The van der Waals surface area contributed by atoms with Gasteiger partial charge in [-0.2, -0.15) is 4.31 Å². The SMILES string of the molecule is CC(C)OCCS(=O)(=O)N1CCCC1C1CCCN1. The molecule has 2 unspecified atom stereocenters. The van der Waals surface area contributed by atoms with E-state index in [-0.39, 0.29) is 17.9 Å². The fourth-order valence-electron chi connectivity index (χ4n) is 3.06. The number of ether oxygens (including phenoxy) is 1. The quantitative estimate of drug-likeness (QED) is 0.791. The smallest absolute Gasteiger partial charge is 0.216 e. The van der Waals surface area contributed by atoms with Crippen LogP contribution in [0.15, 0.2) is 0 Å². The minimum absolute atomic E-state index is 0.0843. The third-order valence-electron chi connectivity index (χ3n) is 3.96. The van der Waals surface area contributed by atoms with Gasteiger partial charge >= 0.3 is 0 Å². The summed E-state index contributed by atoms with van der Waals surface area (Å²) in [5.74, 6) is 0.106. The van der Waals surface area contributed by atoms with Crippen LogP contribution in [-0.2, 0) is 14.8 Å². The van der Waals surface area contributed by atoms with Crippen molar-refractivity contribution < 1.29 is 13.2 Å². The summed E-state index contributed by atoms with van der Waals surface area (Å²) in [4.78, 5) is 0. The lowest BCUT2D eigenvalue weighted by molar-refractivity contribution is 0.0905. The van der Waals surface area contributed by atoms with Gasteiger partial charge in [-0.3, -0.25) is 0 Å². The van der Waals surface area contributed by atoms with E-state index in [1.165, 1.54) is 0 Å². The highest BCUT2D eigenvalue weighted by Gasteiger charge is 2.39. The normalized spacial score (nSPS) is 29.4. The Morgan fingerprint density at radius 2 is 2.11 bits per heavy atom. The second-order valence-corrected chi connectivity index (χ2v) is 7.80. The first-order valence-electron chi connectivity index (χ1n) is 7.35. The summed E-state index contributed by atoms with van der Waals surface area (Å²) in [6.07, 6.45) is 4.31. The molecule has 0 aromatic rings. The van der Waals surface area contributed by atoms with E-state index in [0.29, 0.717) is 19.2 Å². The minimum atomic E-state index is -3.17. The van der Waals surface area contributed by atoms with Crippen molar-refractivity contribution in [1.29, 1.82) is 0 Å². The van der Waals surface area contributed by atoms with Crippen molar-refractivity contribution >= 4 is 10.0 Å². The maximum absolute atomic E-state index is 12.4. The van der Waals surface area contributed by atoms with Gasteiger partial charge in [-0.1, -0.05) is 0 Å². The molecule has 0 bridgehead atoms. The van der Waals surface area contributed by atoms with Gasteiger partial charge in [0, 0.05) is 18.6 Å². The first-order chi connectivity index (χ1) is 9.00. The second-order valence-electron chi connectivity index (χ2n) is 5.76. The molecule has 0 saturated carbocycles. The van der Waals surface area contributed by atoms with Gasteiger partial charge in [-0.05, 0) is 46.1 Å². The zero-order chi connectivity index (χ0) is 13.9. The number of hydrogen-bond donors (Lipinski definition) is 1. The number of sulfonamides is 1. The minimum Gasteiger partial charge on any atom is -0.378 e.